The van der Waals surface area contributed by atoms with Crippen molar-refractivity contribution in [1.82, 2.24) is 0 Å². The number of fused-ring (bicyclic) bond motifs is 2. The first-order valence-corrected chi connectivity index (χ1v) is 7.84. The van der Waals surface area contributed by atoms with Crippen molar-refractivity contribution in [3.8, 4) is 0 Å². The minimum absolute atomic E-state index is 0.0379. The molecule has 1 N–H and O–H groups in total. The van der Waals surface area contributed by atoms with Gasteiger partial charge in [-0.3, -0.25) is 0 Å². The summed E-state index contributed by atoms with van der Waals surface area (Å²) in [5.41, 5.74) is -0.549. The predicted molar refractivity (Wildman–Crippen MR) is 69.0 cm³/mol. The van der Waals surface area contributed by atoms with E-state index in [1.807, 2.05) is 13.8 Å². The average molecular weight is 284 g/mol. The molecule has 1 saturated carbocycles. The molecule has 1 spiro atoms. The van der Waals surface area contributed by atoms with Crippen LogP contribution in [-0.4, -0.2) is 29.1 Å². The molecule has 1 aliphatic carbocycles. The van der Waals surface area contributed by atoms with E-state index in [1.165, 1.54) is 6.42 Å². The van der Waals surface area contributed by atoms with Crippen molar-refractivity contribution in [2.24, 2.45) is 23.7 Å². The maximum atomic E-state index is 10.2. The van der Waals surface area contributed by atoms with E-state index in [1.54, 1.807) is 0 Å². The van der Waals surface area contributed by atoms with Crippen molar-refractivity contribution in [3.05, 3.63) is 0 Å². The number of hydrogen-bond acceptors (Lipinski definition) is 5. The van der Waals surface area contributed by atoms with Gasteiger partial charge in [-0.25, -0.2) is 9.78 Å². The fourth-order valence-corrected chi connectivity index (χ4v) is 4.89. The molecular formula is C15H24O5. The molecular weight excluding hydrogens is 260 g/mol. The van der Waals surface area contributed by atoms with E-state index in [-0.39, 0.29) is 11.8 Å². The molecule has 4 saturated heterocycles. The highest BCUT2D eigenvalue weighted by Gasteiger charge is 2.69. The van der Waals surface area contributed by atoms with Crippen molar-refractivity contribution in [3.63, 3.8) is 0 Å². The monoisotopic (exact) mass is 284 g/mol. The third-order valence-corrected chi connectivity index (χ3v) is 6.12. The molecule has 0 radical (unpaired) electrons. The third kappa shape index (κ3) is 1.56. The molecule has 4 heterocycles. The number of ether oxygens (including phenoxy) is 2. The van der Waals surface area contributed by atoms with Crippen molar-refractivity contribution in [2.45, 2.75) is 70.4 Å². The van der Waals surface area contributed by atoms with Gasteiger partial charge >= 0.3 is 0 Å². The smallest absolute Gasteiger partial charge is 0.201 e. The van der Waals surface area contributed by atoms with Crippen LogP contribution >= 0.6 is 0 Å². The molecule has 5 aliphatic rings. The maximum absolute atomic E-state index is 10.2. The lowest BCUT2D eigenvalue weighted by Gasteiger charge is -2.59. The van der Waals surface area contributed by atoms with E-state index in [2.05, 4.69) is 6.92 Å². The van der Waals surface area contributed by atoms with Crippen LogP contribution in [0.25, 0.3) is 0 Å². The summed E-state index contributed by atoms with van der Waals surface area (Å²) in [5.74, 6) is 0.437. The normalized spacial score (nSPS) is 61.8. The van der Waals surface area contributed by atoms with E-state index in [9.17, 15) is 5.11 Å². The Morgan fingerprint density at radius 2 is 1.85 bits per heavy atom. The van der Waals surface area contributed by atoms with Crippen LogP contribution in [-0.2, 0) is 19.2 Å². The summed E-state index contributed by atoms with van der Waals surface area (Å²) in [7, 11) is 0. The van der Waals surface area contributed by atoms with Crippen LogP contribution in [0.3, 0.4) is 0 Å². The van der Waals surface area contributed by atoms with Crippen LogP contribution in [0.2, 0.25) is 0 Å². The van der Waals surface area contributed by atoms with Crippen molar-refractivity contribution in [2.75, 3.05) is 0 Å². The Balaban J connectivity index is 1.82. The van der Waals surface area contributed by atoms with E-state index in [0.717, 1.165) is 19.3 Å². The Labute approximate surface area is 119 Å². The van der Waals surface area contributed by atoms with E-state index in [4.69, 9.17) is 19.2 Å². The standard InChI is InChI=1S/C15H24O5/c1-8-4-5-11-9(2)12(16)17-13-15(11)10(8)6-7-14(3,18-13)19-20-15/h8-13,16H,4-7H2,1-3H3/t8-,9-,10+,11+,12?,13-,14-,15?/m1/s1. The maximum Gasteiger partial charge on any atom is 0.201 e. The van der Waals surface area contributed by atoms with Gasteiger partial charge in [0.15, 0.2) is 18.2 Å². The molecule has 0 aromatic rings. The lowest BCUT2D eigenvalue weighted by atomic mass is 9.58. The lowest BCUT2D eigenvalue weighted by molar-refractivity contribution is -0.576. The van der Waals surface area contributed by atoms with Crippen molar-refractivity contribution >= 4 is 0 Å². The lowest BCUT2D eigenvalue weighted by Crippen LogP contribution is -2.70. The molecule has 5 rings (SSSR count). The van der Waals surface area contributed by atoms with Gasteiger partial charge in [0, 0.05) is 18.3 Å². The topological polar surface area (TPSA) is 57.2 Å². The Hall–Kier alpha value is -0.200. The van der Waals surface area contributed by atoms with Gasteiger partial charge in [0.25, 0.3) is 0 Å². The zero-order valence-corrected chi connectivity index (χ0v) is 12.4. The minimum Gasteiger partial charge on any atom is -0.368 e. The van der Waals surface area contributed by atoms with E-state index >= 15 is 0 Å². The van der Waals surface area contributed by atoms with Crippen LogP contribution < -0.4 is 0 Å². The Kier molecular flexibility index (Phi) is 2.81. The molecule has 5 fully saturated rings. The second-order valence-electron chi connectivity index (χ2n) is 7.30. The Morgan fingerprint density at radius 1 is 1.05 bits per heavy atom. The second kappa shape index (κ2) is 4.17. The number of aliphatic hydroxyl groups is 1. The molecule has 8 atom stereocenters. The molecule has 5 nitrogen and oxygen atoms in total. The highest BCUT2D eigenvalue weighted by Crippen LogP contribution is 2.60. The first kappa shape index (κ1) is 13.5. The summed E-state index contributed by atoms with van der Waals surface area (Å²) in [6.07, 6.45) is 2.72. The fourth-order valence-electron chi connectivity index (χ4n) is 4.89. The number of rotatable bonds is 0. The van der Waals surface area contributed by atoms with Gasteiger partial charge in [-0.2, -0.15) is 0 Å². The van der Waals surface area contributed by atoms with Gasteiger partial charge in [0.1, 0.15) is 0 Å². The molecule has 4 aliphatic heterocycles. The first-order chi connectivity index (χ1) is 9.46. The first-order valence-electron chi connectivity index (χ1n) is 7.84. The SMILES string of the molecule is C[C@@H]1CC[C@H]2[C@@H](C)C(O)O[C@@H]3O[C@@]4(C)CC[C@@H]1C32OO4. The predicted octanol–water partition coefficient (Wildman–Crippen LogP) is 2.19. The molecule has 2 unspecified atom stereocenters. The Morgan fingerprint density at radius 3 is 2.65 bits per heavy atom. The van der Waals surface area contributed by atoms with E-state index in [0.29, 0.717) is 11.8 Å². The molecule has 114 valence electrons. The van der Waals surface area contributed by atoms with Gasteiger partial charge < -0.3 is 14.6 Å². The van der Waals surface area contributed by atoms with Crippen LogP contribution in [0.15, 0.2) is 0 Å². The van der Waals surface area contributed by atoms with Gasteiger partial charge in [0.2, 0.25) is 5.79 Å². The van der Waals surface area contributed by atoms with Crippen LogP contribution in [0.5, 0.6) is 0 Å². The third-order valence-electron chi connectivity index (χ3n) is 6.12. The molecule has 0 aromatic carbocycles. The molecule has 2 bridgehead atoms. The second-order valence-corrected chi connectivity index (χ2v) is 7.30. The zero-order valence-electron chi connectivity index (χ0n) is 12.4. The van der Waals surface area contributed by atoms with Crippen LogP contribution in [0, 0.1) is 23.7 Å². The molecule has 20 heavy (non-hydrogen) atoms. The number of aliphatic hydroxyl groups excluding tert-OH is 1. The van der Waals surface area contributed by atoms with Crippen LogP contribution in [0.1, 0.15) is 46.5 Å². The molecule has 0 amide bonds. The summed E-state index contributed by atoms with van der Waals surface area (Å²) in [5, 5.41) is 10.2. The number of hydrogen-bond donors (Lipinski definition) is 1. The summed E-state index contributed by atoms with van der Waals surface area (Å²) in [4.78, 5) is 11.6. The quantitative estimate of drug-likeness (QED) is 0.691. The summed E-state index contributed by atoms with van der Waals surface area (Å²) >= 11 is 0. The van der Waals surface area contributed by atoms with Gasteiger partial charge in [-0.15, -0.1) is 0 Å². The average Bonchev–Trinajstić information content (AvgIpc) is 2.63. The largest absolute Gasteiger partial charge is 0.368 e. The molecule has 5 heteroatoms. The van der Waals surface area contributed by atoms with Crippen molar-refractivity contribution < 1.29 is 24.4 Å². The fraction of sp³-hybridized carbons (Fsp3) is 1.00. The van der Waals surface area contributed by atoms with E-state index < -0.39 is 24.0 Å². The zero-order chi connectivity index (χ0) is 14.1. The van der Waals surface area contributed by atoms with Gasteiger partial charge in [0.05, 0.1) is 0 Å². The van der Waals surface area contributed by atoms with Crippen molar-refractivity contribution in [1.29, 1.82) is 0 Å². The summed E-state index contributed by atoms with van der Waals surface area (Å²) < 4.78 is 11.9. The summed E-state index contributed by atoms with van der Waals surface area (Å²) in [6, 6.07) is 0. The van der Waals surface area contributed by atoms with Gasteiger partial charge in [-0.05, 0) is 38.0 Å². The highest BCUT2D eigenvalue weighted by atomic mass is 17.3. The highest BCUT2D eigenvalue weighted by molar-refractivity contribution is 5.08. The summed E-state index contributed by atoms with van der Waals surface area (Å²) in [6.45, 7) is 6.22. The minimum atomic E-state index is -0.781. The van der Waals surface area contributed by atoms with Gasteiger partial charge in [-0.1, -0.05) is 13.8 Å². The molecule has 0 aromatic heterocycles. The van der Waals surface area contributed by atoms with Crippen LogP contribution in [0.4, 0.5) is 0 Å². The Bertz CT molecular complexity index is 411.